The van der Waals surface area contributed by atoms with E-state index in [1.807, 2.05) is 24.3 Å². The number of amides is 1. The quantitative estimate of drug-likeness (QED) is 0.858. The third-order valence-corrected chi connectivity index (χ3v) is 3.78. The summed E-state index contributed by atoms with van der Waals surface area (Å²) >= 11 is 0. The van der Waals surface area contributed by atoms with Crippen LogP contribution in [0.2, 0.25) is 0 Å². The molecule has 1 amide bonds. The zero-order valence-electron chi connectivity index (χ0n) is 11.6. The SMILES string of the molecule is COc1ccc(CCN2C[C@H]([C@H](O)CF)CC2=O)cc1. The van der Waals surface area contributed by atoms with Gasteiger partial charge in [0.2, 0.25) is 5.91 Å². The van der Waals surface area contributed by atoms with E-state index < -0.39 is 12.8 Å². The molecule has 0 unspecified atom stereocenters. The van der Waals surface area contributed by atoms with E-state index in [0.717, 1.165) is 17.7 Å². The second-order valence-electron chi connectivity index (χ2n) is 5.12. The smallest absolute Gasteiger partial charge is 0.223 e. The Labute approximate surface area is 118 Å². The van der Waals surface area contributed by atoms with Crippen molar-refractivity contribution in [3.63, 3.8) is 0 Å². The molecule has 2 rings (SSSR count). The lowest BCUT2D eigenvalue weighted by atomic mass is 10.0. The van der Waals surface area contributed by atoms with Crippen LogP contribution in [-0.4, -0.2) is 48.9 Å². The third kappa shape index (κ3) is 3.48. The molecule has 0 aromatic heterocycles. The highest BCUT2D eigenvalue weighted by molar-refractivity contribution is 5.78. The van der Waals surface area contributed by atoms with Gasteiger partial charge in [0.05, 0.1) is 13.2 Å². The van der Waals surface area contributed by atoms with Gasteiger partial charge in [-0.15, -0.1) is 0 Å². The predicted molar refractivity (Wildman–Crippen MR) is 73.4 cm³/mol. The average Bonchev–Trinajstić information content (AvgIpc) is 2.86. The maximum Gasteiger partial charge on any atom is 0.223 e. The number of ether oxygens (including phenoxy) is 1. The minimum absolute atomic E-state index is 0.00369. The number of halogens is 1. The van der Waals surface area contributed by atoms with Crippen molar-refractivity contribution in [3.8, 4) is 5.75 Å². The largest absolute Gasteiger partial charge is 0.497 e. The number of benzene rings is 1. The van der Waals surface area contributed by atoms with E-state index in [1.54, 1.807) is 12.0 Å². The van der Waals surface area contributed by atoms with Crippen LogP contribution in [-0.2, 0) is 11.2 Å². The molecule has 0 radical (unpaired) electrons. The second-order valence-corrected chi connectivity index (χ2v) is 5.12. The van der Waals surface area contributed by atoms with Crippen LogP contribution in [0.3, 0.4) is 0 Å². The van der Waals surface area contributed by atoms with E-state index in [0.29, 0.717) is 13.1 Å². The lowest BCUT2D eigenvalue weighted by Crippen LogP contribution is -2.30. The van der Waals surface area contributed by atoms with Gasteiger partial charge in [-0.25, -0.2) is 4.39 Å². The number of nitrogens with zero attached hydrogens (tertiary/aromatic N) is 1. The van der Waals surface area contributed by atoms with Crippen LogP contribution < -0.4 is 4.74 Å². The second kappa shape index (κ2) is 6.70. The van der Waals surface area contributed by atoms with Crippen molar-refractivity contribution in [3.05, 3.63) is 29.8 Å². The Morgan fingerprint density at radius 2 is 2.15 bits per heavy atom. The summed E-state index contributed by atoms with van der Waals surface area (Å²) in [6, 6.07) is 7.70. The zero-order valence-corrected chi connectivity index (χ0v) is 11.6. The van der Waals surface area contributed by atoms with Gasteiger partial charge in [0.25, 0.3) is 0 Å². The van der Waals surface area contributed by atoms with Crippen LogP contribution >= 0.6 is 0 Å². The Bertz CT molecular complexity index is 449. The normalized spacial score (nSPS) is 20.2. The lowest BCUT2D eigenvalue weighted by Gasteiger charge is -2.18. The molecular weight excluding hydrogens is 261 g/mol. The fourth-order valence-corrected chi connectivity index (χ4v) is 2.46. The standard InChI is InChI=1S/C15H20FNO3/c1-20-13-4-2-11(3-5-13)6-7-17-10-12(8-15(17)19)14(18)9-16/h2-5,12,14,18H,6-10H2,1H3/t12-,14-/m1/s1. The summed E-state index contributed by atoms with van der Waals surface area (Å²) < 4.78 is 17.5. The van der Waals surface area contributed by atoms with Crippen molar-refractivity contribution >= 4 is 5.91 Å². The summed E-state index contributed by atoms with van der Waals surface area (Å²) in [4.78, 5) is 13.5. The van der Waals surface area contributed by atoms with Gasteiger partial charge in [-0.2, -0.15) is 0 Å². The van der Waals surface area contributed by atoms with Crippen LogP contribution in [0.5, 0.6) is 5.75 Å². The monoisotopic (exact) mass is 281 g/mol. The van der Waals surface area contributed by atoms with E-state index in [-0.39, 0.29) is 18.2 Å². The lowest BCUT2D eigenvalue weighted by molar-refractivity contribution is -0.127. The predicted octanol–water partition coefficient (Wildman–Crippen LogP) is 1.42. The molecule has 2 atom stereocenters. The third-order valence-electron chi connectivity index (χ3n) is 3.78. The van der Waals surface area contributed by atoms with Gasteiger partial charge >= 0.3 is 0 Å². The highest BCUT2D eigenvalue weighted by Gasteiger charge is 2.33. The molecule has 0 aliphatic carbocycles. The zero-order chi connectivity index (χ0) is 14.5. The number of hydrogen-bond acceptors (Lipinski definition) is 3. The highest BCUT2D eigenvalue weighted by atomic mass is 19.1. The molecule has 1 aromatic carbocycles. The van der Waals surface area contributed by atoms with Crippen LogP contribution in [0.4, 0.5) is 4.39 Å². The maximum absolute atomic E-state index is 12.4. The molecule has 1 aliphatic rings. The van der Waals surface area contributed by atoms with Gasteiger partial charge in [-0.3, -0.25) is 4.79 Å². The Morgan fingerprint density at radius 1 is 1.45 bits per heavy atom. The van der Waals surface area contributed by atoms with E-state index in [4.69, 9.17) is 4.74 Å². The van der Waals surface area contributed by atoms with Crippen molar-refractivity contribution in [2.45, 2.75) is 18.9 Å². The van der Waals surface area contributed by atoms with Crippen LogP contribution in [0.15, 0.2) is 24.3 Å². The molecule has 1 aliphatic heterocycles. The number of aliphatic hydroxyl groups excluding tert-OH is 1. The summed E-state index contributed by atoms with van der Waals surface area (Å²) in [5.41, 5.74) is 1.12. The van der Waals surface area contributed by atoms with Crippen molar-refractivity contribution in [2.24, 2.45) is 5.92 Å². The number of rotatable bonds is 6. The van der Waals surface area contributed by atoms with E-state index in [2.05, 4.69) is 0 Å². The van der Waals surface area contributed by atoms with Gasteiger partial charge in [-0.05, 0) is 24.1 Å². The van der Waals surface area contributed by atoms with E-state index in [9.17, 15) is 14.3 Å². The first-order chi connectivity index (χ1) is 9.63. The van der Waals surface area contributed by atoms with Crippen LogP contribution in [0, 0.1) is 5.92 Å². The summed E-state index contributed by atoms with van der Waals surface area (Å²) in [6.07, 6.45) is -0.0352. The summed E-state index contributed by atoms with van der Waals surface area (Å²) in [7, 11) is 1.62. The van der Waals surface area contributed by atoms with Gasteiger partial charge in [0.15, 0.2) is 0 Å². The maximum atomic E-state index is 12.4. The minimum atomic E-state index is -1.02. The fraction of sp³-hybridized carbons (Fsp3) is 0.533. The Kier molecular flexibility index (Phi) is 4.95. The number of methoxy groups -OCH3 is 1. The number of aliphatic hydroxyl groups is 1. The first-order valence-electron chi connectivity index (χ1n) is 6.78. The number of likely N-dealkylation sites (tertiary alicyclic amines) is 1. The van der Waals surface area contributed by atoms with E-state index >= 15 is 0 Å². The molecule has 1 N–H and O–H groups in total. The molecule has 110 valence electrons. The molecule has 1 heterocycles. The molecule has 1 saturated heterocycles. The number of hydrogen-bond donors (Lipinski definition) is 1. The first-order valence-corrected chi connectivity index (χ1v) is 6.78. The van der Waals surface area contributed by atoms with Crippen LogP contribution in [0.1, 0.15) is 12.0 Å². The molecule has 1 fully saturated rings. The van der Waals surface area contributed by atoms with Crippen molar-refractivity contribution in [1.29, 1.82) is 0 Å². The molecule has 4 nitrogen and oxygen atoms in total. The van der Waals surface area contributed by atoms with Crippen molar-refractivity contribution in [1.82, 2.24) is 4.90 Å². The molecule has 1 aromatic rings. The molecule has 0 bridgehead atoms. The Balaban J connectivity index is 1.86. The summed E-state index contributed by atoms with van der Waals surface area (Å²) in [6.45, 7) is 0.255. The first kappa shape index (κ1) is 14.8. The average molecular weight is 281 g/mol. The van der Waals surface area contributed by atoms with E-state index in [1.165, 1.54) is 0 Å². The van der Waals surface area contributed by atoms with Crippen molar-refractivity contribution < 1.29 is 19.0 Å². The van der Waals surface area contributed by atoms with Gasteiger partial charge in [-0.1, -0.05) is 12.1 Å². The summed E-state index contributed by atoms with van der Waals surface area (Å²) in [5, 5.41) is 9.47. The molecule has 0 saturated carbocycles. The molecular formula is C15H20FNO3. The van der Waals surface area contributed by atoms with Gasteiger partial charge in [0, 0.05) is 25.4 Å². The van der Waals surface area contributed by atoms with Gasteiger partial charge in [0.1, 0.15) is 12.4 Å². The number of carbonyl (C=O) groups is 1. The number of carbonyl (C=O) groups excluding carboxylic acids is 1. The minimum Gasteiger partial charge on any atom is -0.497 e. The Hall–Kier alpha value is -1.62. The molecule has 20 heavy (non-hydrogen) atoms. The number of alkyl halides is 1. The van der Waals surface area contributed by atoms with Crippen LogP contribution in [0.25, 0.3) is 0 Å². The Morgan fingerprint density at radius 3 is 2.75 bits per heavy atom. The fourth-order valence-electron chi connectivity index (χ4n) is 2.46. The highest BCUT2D eigenvalue weighted by Crippen LogP contribution is 2.22. The molecule has 0 spiro atoms. The van der Waals surface area contributed by atoms with Crippen molar-refractivity contribution in [2.75, 3.05) is 26.9 Å². The summed E-state index contributed by atoms with van der Waals surface area (Å²) in [5.74, 6) is 0.525. The van der Waals surface area contributed by atoms with Gasteiger partial charge < -0.3 is 14.7 Å². The molecule has 5 heteroatoms. The topological polar surface area (TPSA) is 49.8 Å².